The molecule has 0 saturated heterocycles. The van der Waals surface area contributed by atoms with Gasteiger partial charge in [0.1, 0.15) is 5.76 Å². The predicted octanol–water partition coefficient (Wildman–Crippen LogP) is 4.31. The number of para-hydroxylation sites is 2. The first-order valence-electron chi connectivity index (χ1n) is 8.52. The van der Waals surface area contributed by atoms with Gasteiger partial charge in [0.25, 0.3) is 0 Å². The quantitative estimate of drug-likeness (QED) is 0.490. The Bertz CT molecular complexity index is 938. The summed E-state index contributed by atoms with van der Waals surface area (Å²) in [5.74, 6) is 0.899. The third kappa shape index (κ3) is 3.70. The first-order valence-corrected chi connectivity index (χ1v) is 9.40. The number of fused-ring (bicyclic) bond motifs is 1. The van der Waals surface area contributed by atoms with E-state index < -0.39 is 0 Å². The number of furan rings is 1. The van der Waals surface area contributed by atoms with Crippen LogP contribution in [-0.2, 0) is 24.4 Å². The molecule has 4 rings (SSSR count). The molecule has 0 atom stereocenters. The van der Waals surface area contributed by atoms with Crippen LogP contribution in [0.4, 0.5) is 0 Å². The van der Waals surface area contributed by atoms with E-state index in [1.54, 1.807) is 23.9 Å². The van der Waals surface area contributed by atoms with Crippen LogP contribution >= 0.6 is 11.3 Å². The van der Waals surface area contributed by atoms with Gasteiger partial charge in [0.05, 0.1) is 36.7 Å². The lowest BCUT2D eigenvalue weighted by Gasteiger charge is -2.21. The molecule has 5 nitrogen and oxygen atoms in total. The standard InChI is InChI=1S/C20H19N3O2S/c24-20(9-10-22-15-21-18-7-1-2-8-19(18)22)23(13-16-5-3-11-25-16)14-17-6-4-12-26-17/h1-8,11-12,15H,9-10,13-14H2. The van der Waals surface area contributed by atoms with E-state index in [-0.39, 0.29) is 5.91 Å². The van der Waals surface area contributed by atoms with Crippen LogP contribution in [0.3, 0.4) is 0 Å². The predicted molar refractivity (Wildman–Crippen MR) is 102 cm³/mol. The summed E-state index contributed by atoms with van der Waals surface area (Å²) in [6.07, 6.45) is 3.86. The molecule has 6 heteroatoms. The van der Waals surface area contributed by atoms with Crippen molar-refractivity contribution in [3.05, 3.63) is 77.1 Å². The molecule has 0 N–H and O–H groups in total. The summed E-state index contributed by atoms with van der Waals surface area (Å²) < 4.78 is 7.47. The van der Waals surface area contributed by atoms with Crippen LogP contribution in [0.1, 0.15) is 17.1 Å². The Morgan fingerprint density at radius 3 is 2.85 bits per heavy atom. The fourth-order valence-electron chi connectivity index (χ4n) is 2.98. The Hall–Kier alpha value is -2.86. The maximum atomic E-state index is 12.9. The smallest absolute Gasteiger partial charge is 0.225 e. The number of aromatic nitrogens is 2. The van der Waals surface area contributed by atoms with Gasteiger partial charge in [0.15, 0.2) is 0 Å². The highest BCUT2D eigenvalue weighted by Gasteiger charge is 2.17. The molecule has 3 aromatic heterocycles. The molecule has 1 amide bonds. The van der Waals surface area contributed by atoms with Crippen LogP contribution in [0, 0.1) is 0 Å². The molecule has 3 heterocycles. The summed E-state index contributed by atoms with van der Waals surface area (Å²) in [5, 5.41) is 2.03. The number of amides is 1. The van der Waals surface area contributed by atoms with Crippen LogP contribution in [-0.4, -0.2) is 20.4 Å². The molecule has 1 aromatic carbocycles. The molecule has 26 heavy (non-hydrogen) atoms. The molecular formula is C20H19N3O2S. The van der Waals surface area contributed by atoms with Crippen LogP contribution in [0.25, 0.3) is 11.0 Å². The largest absolute Gasteiger partial charge is 0.467 e. The summed E-state index contributed by atoms with van der Waals surface area (Å²) in [5.41, 5.74) is 2.00. The number of nitrogens with zero attached hydrogens (tertiary/aromatic N) is 3. The van der Waals surface area contributed by atoms with Crippen LogP contribution in [0.5, 0.6) is 0 Å². The molecule has 0 radical (unpaired) electrons. The van der Waals surface area contributed by atoms with Gasteiger partial charge in [-0.2, -0.15) is 0 Å². The van der Waals surface area contributed by atoms with Crippen LogP contribution in [0.2, 0.25) is 0 Å². The second-order valence-electron chi connectivity index (χ2n) is 6.09. The maximum absolute atomic E-state index is 12.9. The third-order valence-electron chi connectivity index (χ3n) is 4.30. The number of carbonyl (C=O) groups excluding carboxylic acids is 1. The molecule has 132 valence electrons. The molecule has 0 aliphatic heterocycles. The van der Waals surface area contributed by atoms with Gasteiger partial charge in [-0.1, -0.05) is 18.2 Å². The highest BCUT2D eigenvalue weighted by molar-refractivity contribution is 7.09. The zero-order valence-corrected chi connectivity index (χ0v) is 15.1. The lowest BCUT2D eigenvalue weighted by atomic mass is 10.3. The highest BCUT2D eigenvalue weighted by atomic mass is 32.1. The van der Waals surface area contributed by atoms with Crippen molar-refractivity contribution < 1.29 is 9.21 Å². The molecule has 0 aliphatic carbocycles. The van der Waals surface area contributed by atoms with Crippen molar-refractivity contribution >= 4 is 28.3 Å². The number of imidazole rings is 1. The summed E-state index contributed by atoms with van der Waals surface area (Å²) >= 11 is 1.66. The van der Waals surface area contributed by atoms with Crippen molar-refractivity contribution in [1.29, 1.82) is 0 Å². The molecule has 0 aliphatic rings. The molecular weight excluding hydrogens is 346 g/mol. The molecule has 0 spiro atoms. The summed E-state index contributed by atoms with van der Waals surface area (Å²) in [7, 11) is 0. The average Bonchev–Trinajstić information content (AvgIpc) is 3.41. The van der Waals surface area contributed by atoms with E-state index in [4.69, 9.17) is 4.42 Å². The van der Waals surface area contributed by atoms with E-state index in [0.717, 1.165) is 21.7 Å². The summed E-state index contributed by atoms with van der Waals surface area (Å²) in [6.45, 7) is 1.69. The Balaban J connectivity index is 1.46. The van der Waals surface area contributed by atoms with E-state index in [1.165, 1.54) is 0 Å². The lowest BCUT2D eigenvalue weighted by Crippen LogP contribution is -2.30. The molecule has 0 fully saturated rings. The normalized spacial score (nSPS) is 11.1. The van der Waals surface area contributed by atoms with Crippen LogP contribution in [0.15, 0.2) is 70.9 Å². The fraction of sp³-hybridized carbons (Fsp3) is 0.200. The van der Waals surface area contributed by atoms with Crippen LogP contribution < -0.4 is 0 Å². The first-order chi connectivity index (χ1) is 12.8. The van der Waals surface area contributed by atoms with Crippen molar-refractivity contribution in [2.75, 3.05) is 0 Å². The molecule has 4 aromatic rings. The summed E-state index contributed by atoms with van der Waals surface area (Å²) in [4.78, 5) is 20.3. The zero-order valence-electron chi connectivity index (χ0n) is 14.2. The number of hydrogen-bond acceptors (Lipinski definition) is 4. The van der Waals surface area contributed by atoms with E-state index in [0.29, 0.717) is 26.1 Å². The van der Waals surface area contributed by atoms with Gasteiger partial charge in [-0.15, -0.1) is 11.3 Å². The second kappa shape index (κ2) is 7.58. The average molecular weight is 365 g/mol. The number of benzene rings is 1. The minimum atomic E-state index is 0.104. The van der Waals surface area contributed by atoms with E-state index in [1.807, 2.05) is 57.3 Å². The van der Waals surface area contributed by atoms with Crippen molar-refractivity contribution in [3.63, 3.8) is 0 Å². The number of carbonyl (C=O) groups is 1. The maximum Gasteiger partial charge on any atom is 0.225 e. The Morgan fingerprint density at radius 1 is 1.12 bits per heavy atom. The second-order valence-corrected chi connectivity index (χ2v) is 7.12. The van der Waals surface area contributed by atoms with Gasteiger partial charge in [0, 0.05) is 17.8 Å². The van der Waals surface area contributed by atoms with Gasteiger partial charge < -0.3 is 13.9 Å². The van der Waals surface area contributed by atoms with Crippen molar-refractivity contribution in [1.82, 2.24) is 14.5 Å². The number of aryl methyl sites for hydroxylation is 1. The van der Waals surface area contributed by atoms with Crippen molar-refractivity contribution in [2.45, 2.75) is 26.1 Å². The number of hydrogen-bond donors (Lipinski definition) is 0. The van der Waals surface area contributed by atoms with Gasteiger partial charge in [0.2, 0.25) is 5.91 Å². The first kappa shape index (κ1) is 16.6. The Labute approximate surface area is 155 Å². The van der Waals surface area contributed by atoms with Gasteiger partial charge >= 0.3 is 0 Å². The fourth-order valence-corrected chi connectivity index (χ4v) is 3.70. The SMILES string of the molecule is O=C(CCn1cnc2ccccc21)N(Cc1ccco1)Cc1cccs1. The van der Waals surface area contributed by atoms with Crippen molar-refractivity contribution in [3.8, 4) is 0 Å². The zero-order chi connectivity index (χ0) is 17.8. The number of thiophene rings is 1. The Morgan fingerprint density at radius 2 is 2.04 bits per heavy atom. The number of rotatable bonds is 7. The minimum absolute atomic E-state index is 0.104. The summed E-state index contributed by atoms with van der Waals surface area (Å²) in [6, 6.07) is 15.8. The molecule has 0 bridgehead atoms. The van der Waals surface area contributed by atoms with E-state index in [2.05, 4.69) is 11.1 Å². The van der Waals surface area contributed by atoms with Gasteiger partial charge in [-0.3, -0.25) is 4.79 Å². The Kier molecular flexibility index (Phi) is 4.84. The molecule has 0 unspecified atom stereocenters. The van der Waals surface area contributed by atoms with Gasteiger partial charge in [-0.25, -0.2) is 4.98 Å². The monoisotopic (exact) mass is 365 g/mol. The lowest BCUT2D eigenvalue weighted by molar-refractivity contribution is -0.132. The molecule has 0 saturated carbocycles. The minimum Gasteiger partial charge on any atom is -0.467 e. The third-order valence-corrected chi connectivity index (χ3v) is 5.16. The van der Waals surface area contributed by atoms with E-state index >= 15 is 0 Å². The van der Waals surface area contributed by atoms with E-state index in [9.17, 15) is 4.79 Å². The topological polar surface area (TPSA) is 51.3 Å². The highest BCUT2D eigenvalue weighted by Crippen LogP contribution is 2.17. The van der Waals surface area contributed by atoms with Gasteiger partial charge in [-0.05, 0) is 35.7 Å². The van der Waals surface area contributed by atoms with Crippen molar-refractivity contribution in [2.24, 2.45) is 0 Å².